The summed E-state index contributed by atoms with van der Waals surface area (Å²) in [6, 6.07) is 5.96. The standard InChI is InChI=1S/C13H11NO3/c15-13(16)11-7-14-17-12(11)10-5-4-8-2-1-3-9(8)6-10/h4-7H,1-3H2,(H,15,16). The fourth-order valence-electron chi connectivity index (χ4n) is 2.31. The quantitative estimate of drug-likeness (QED) is 0.859. The van der Waals surface area contributed by atoms with Gasteiger partial charge in [-0.05, 0) is 36.5 Å². The predicted octanol–water partition coefficient (Wildman–Crippen LogP) is 2.53. The van der Waals surface area contributed by atoms with Crippen molar-refractivity contribution in [2.45, 2.75) is 19.3 Å². The molecular formula is C13H11NO3. The Morgan fingerprint density at radius 1 is 1.29 bits per heavy atom. The lowest BCUT2D eigenvalue weighted by atomic mass is 10.0. The highest BCUT2D eigenvalue weighted by atomic mass is 16.5. The molecule has 4 heteroatoms. The third-order valence-corrected chi connectivity index (χ3v) is 3.16. The van der Waals surface area contributed by atoms with E-state index in [1.54, 1.807) is 0 Å². The molecule has 0 bridgehead atoms. The van der Waals surface area contributed by atoms with Gasteiger partial charge in [0, 0.05) is 5.56 Å². The van der Waals surface area contributed by atoms with Gasteiger partial charge in [0.1, 0.15) is 5.56 Å². The van der Waals surface area contributed by atoms with Crippen LogP contribution in [0.3, 0.4) is 0 Å². The van der Waals surface area contributed by atoms with Gasteiger partial charge >= 0.3 is 5.97 Å². The van der Waals surface area contributed by atoms with Gasteiger partial charge in [-0.3, -0.25) is 0 Å². The van der Waals surface area contributed by atoms with Crippen LogP contribution in [0.25, 0.3) is 11.3 Å². The molecule has 0 amide bonds. The van der Waals surface area contributed by atoms with E-state index < -0.39 is 5.97 Å². The number of benzene rings is 1. The molecule has 1 aromatic heterocycles. The van der Waals surface area contributed by atoms with E-state index in [4.69, 9.17) is 9.63 Å². The highest BCUT2D eigenvalue weighted by Gasteiger charge is 2.19. The minimum Gasteiger partial charge on any atom is -0.477 e. The van der Waals surface area contributed by atoms with Crippen molar-refractivity contribution in [2.75, 3.05) is 0 Å². The van der Waals surface area contributed by atoms with Crippen LogP contribution in [0, 0.1) is 0 Å². The van der Waals surface area contributed by atoms with Gasteiger partial charge in [-0.2, -0.15) is 0 Å². The zero-order chi connectivity index (χ0) is 11.8. The summed E-state index contributed by atoms with van der Waals surface area (Å²) in [6.07, 6.45) is 4.57. The molecular weight excluding hydrogens is 218 g/mol. The number of nitrogens with zero attached hydrogens (tertiary/aromatic N) is 1. The summed E-state index contributed by atoms with van der Waals surface area (Å²) in [5.41, 5.74) is 3.55. The summed E-state index contributed by atoms with van der Waals surface area (Å²) in [4.78, 5) is 11.0. The lowest BCUT2D eigenvalue weighted by Gasteiger charge is -2.02. The summed E-state index contributed by atoms with van der Waals surface area (Å²) >= 11 is 0. The van der Waals surface area contributed by atoms with E-state index >= 15 is 0 Å². The first-order chi connectivity index (χ1) is 8.25. The molecule has 0 saturated heterocycles. The minimum absolute atomic E-state index is 0.114. The Morgan fingerprint density at radius 3 is 2.94 bits per heavy atom. The van der Waals surface area contributed by atoms with Crippen molar-refractivity contribution in [2.24, 2.45) is 0 Å². The van der Waals surface area contributed by atoms with E-state index in [0.29, 0.717) is 5.76 Å². The molecule has 1 aromatic carbocycles. The zero-order valence-corrected chi connectivity index (χ0v) is 9.14. The molecule has 1 aliphatic rings. The first-order valence-corrected chi connectivity index (χ1v) is 5.56. The maximum atomic E-state index is 11.0. The van der Waals surface area contributed by atoms with E-state index in [2.05, 4.69) is 5.16 Å². The van der Waals surface area contributed by atoms with Crippen molar-refractivity contribution in [3.05, 3.63) is 41.1 Å². The van der Waals surface area contributed by atoms with Gasteiger partial charge in [-0.1, -0.05) is 17.3 Å². The number of aromatic nitrogens is 1. The van der Waals surface area contributed by atoms with E-state index in [1.165, 1.54) is 23.7 Å². The van der Waals surface area contributed by atoms with Gasteiger partial charge < -0.3 is 9.63 Å². The summed E-state index contributed by atoms with van der Waals surface area (Å²) in [6.45, 7) is 0. The number of carbonyl (C=O) groups is 1. The largest absolute Gasteiger partial charge is 0.477 e. The van der Waals surface area contributed by atoms with Gasteiger partial charge in [0.15, 0.2) is 5.76 Å². The highest BCUT2D eigenvalue weighted by Crippen LogP contribution is 2.29. The summed E-state index contributed by atoms with van der Waals surface area (Å²) in [7, 11) is 0. The Bertz CT molecular complexity index is 586. The zero-order valence-electron chi connectivity index (χ0n) is 9.14. The number of aromatic carboxylic acids is 1. The van der Waals surface area contributed by atoms with Crippen molar-refractivity contribution in [1.29, 1.82) is 0 Å². The fraction of sp³-hybridized carbons (Fsp3) is 0.231. The van der Waals surface area contributed by atoms with Crippen molar-refractivity contribution in [3.63, 3.8) is 0 Å². The normalized spacial score (nSPS) is 13.6. The average Bonchev–Trinajstić information content (AvgIpc) is 2.96. The molecule has 1 heterocycles. The monoisotopic (exact) mass is 229 g/mol. The Kier molecular flexibility index (Phi) is 2.21. The Morgan fingerprint density at radius 2 is 2.12 bits per heavy atom. The van der Waals surface area contributed by atoms with Crippen LogP contribution in [0.1, 0.15) is 27.9 Å². The number of hydrogen-bond acceptors (Lipinski definition) is 3. The molecule has 1 N–H and O–H groups in total. The Labute approximate surface area is 97.9 Å². The summed E-state index contributed by atoms with van der Waals surface area (Å²) < 4.78 is 5.04. The molecule has 0 atom stereocenters. The second-order valence-corrected chi connectivity index (χ2v) is 4.21. The third-order valence-electron chi connectivity index (χ3n) is 3.16. The lowest BCUT2D eigenvalue weighted by Crippen LogP contribution is -1.96. The van der Waals surface area contributed by atoms with Crippen LogP contribution in [-0.2, 0) is 12.8 Å². The molecule has 0 unspecified atom stereocenters. The summed E-state index contributed by atoms with van der Waals surface area (Å²) in [5, 5.41) is 12.6. The molecule has 1 aliphatic carbocycles. The van der Waals surface area contributed by atoms with Gasteiger partial charge in [0.05, 0.1) is 6.20 Å². The van der Waals surface area contributed by atoms with Crippen LogP contribution in [0.15, 0.2) is 28.9 Å². The van der Waals surface area contributed by atoms with Gasteiger partial charge in [0.25, 0.3) is 0 Å². The highest BCUT2D eigenvalue weighted by molar-refractivity contribution is 5.93. The van der Waals surface area contributed by atoms with E-state index in [1.807, 2.05) is 18.2 Å². The smallest absolute Gasteiger partial charge is 0.341 e. The first-order valence-electron chi connectivity index (χ1n) is 5.56. The Hall–Kier alpha value is -2.10. The molecule has 2 aromatic rings. The maximum Gasteiger partial charge on any atom is 0.341 e. The number of fused-ring (bicyclic) bond motifs is 1. The summed E-state index contributed by atoms with van der Waals surface area (Å²) in [5.74, 6) is -0.672. The second-order valence-electron chi connectivity index (χ2n) is 4.21. The molecule has 0 aliphatic heterocycles. The molecule has 0 saturated carbocycles. The van der Waals surface area contributed by atoms with Crippen LogP contribution in [0.2, 0.25) is 0 Å². The molecule has 17 heavy (non-hydrogen) atoms. The number of aryl methyl sites for hydroxylation is 2. The molecule has 0 fully saturated rings. The van der Waals surface area contributed by atoms with Crippen LogP contribution < -0.4 is 0 Å². The minimum atomic E-state index is -1.01. The van der Waals surface area contributed by atoms with Gasteiger partial charge in [0.2, 0.25) is 0 Å². The van der Waals surface area contributed by atoms with E-state index in [-0.39, 0.29) is 5.56 Å². The predicted molar refractivity (Wildman–Crippen MR) is 60.9 cm³/mol. The third kappa shape index (κ3) is 1.62. The van der Waals surface area contributed by atoms with E-state index in [0.717, 1.165) is 18.4 Å². The number of carboxylic acid groups (broad SMARTS) is 1. The fourth-order valence-corrected chi connectivity index (χ4v) is 2.31. The molecule has 0 radical (unpaired) electrons. The number of rotatable bonds is 2. The van der Waals surface area contributed by atoms with Crippen molar-refractivity contribution < 1.29 is 14.4 Å². The van der Waals surface area contributed by atoms with Crippen LogP contribution in [0.5, 0.6) is 0 Å². The van der Waals surface area contributed by atoms with E-state index in [9.17, 15) is 4.79 Å². The van der Waals surface area contributed by atoms with Crippen molar-refractivity contribution >= 4 is 5.97 Å². The SMILES string of the molecule is O=C(O)c1cnoc1-c1ccc2c(c1)CCC2. The molecule has 4 nitrogen and oxygen atoms in total. The maximum absolute atomic E-state index is 11.0. The first kappa shape index (κ1) is 10.1. The second kappa shape index (κ2) is 3.73. The van der Waals surface area contributed by atoms with Gasteiger partial charge in [-0.15, -0.1) is 0 Å². The topological polar surface area (TPSA) is 63.3 Å². The lowest BCUT2D eigenvalue weighted by molar-refractivity contribution is 0.0697. The van der Waals surface area contributed by atoms with Crippen molar-refractivity contribution in [1.82, 2.24) is 5.16 Å². The van der Waals surface area contributed by atoms with Crippen molar-refractivity contribution in [3.8, 4) is 11.3 Å². The Balaban J connectivity index is 2.09. The number of hydrogen-bond donors (Lipinski definition) is 1. The molecule has 0 spiro atoms. The van der Waals surface area contributed by atoms with Gasteiger partial charge in [-0.25, -0.2) is 4.79 Å². The average molecular weight is 229 g/mol. The number of carboxylic acids is 1. The van der Waals surface area contributed by atoms with Crippen LogP contribution >= 0.6 is 0 Å². The van der Waals surface area contributed by atoms with Crippen LogP contribution in [-0.4, -0.2) is 16.2 Å². The van der Waals surface area contributed by atoms with Crippen LogP contribution in [0.4, 0.5) is 0 Å². The molecule has 3 rings (SSSR count). The molecule has 86 valence electrons.